The van der Waals surface area contributed by atoms with Crippen molar-refractivity contribution in [3.63, 3.8) is 0 Å². The molecular weight excluding hydrogens is 294 g/mol. The summed E-state index contributed by atoms with van der Waals surface area (Å²) in [6, 6.07) is 11.9. The number of hydrogen-bond acceptors (Lipinski definition) is 4. The van der Waals surface area contributed by atoms with Crippen LogP contribution >= 0.6 is 11.3 Å². The Balaban J connectivity index is 2.38. The van der Waals surface area contributed by atoms with Crippen LogP contribution in [0.15, 0.2) is 52.7 Å². The summed E-state index contributed by atoms with van der Waals surface area (Å²) in [5.41, 5.74) is 0. The largest absolute Gasteiger partial charge is 0.355 e. The zero-order valence-corrected chi connectivity index (χ0v) is 12.6. The van der Waals surface area contributed by atoms with Crippen LogP contribution in [0.25, 0.3) is 0 Å². The Morgan fingerprint density at radius 2 is 1.90 bits per heavy atom. The third kappa shape index (κ3) is 3.26. The molecule has 0 aliphatic carbocycles. The predicted octanol–water partition coefficient (Wildman–Crippen LogP) is 2.40. The van der Waals surface area contributed by atoms with Gasteiger partial charge in [-0.05, 0) is 23.6 Å². The number of hydrogen-bond donors (Lipinski definition) is 1. The van der Waals surface area contributed by atoms with E-state index in [1.165, 1.54) is 18.3 Å². The molecular formula is C14H15NO3S2. The molecule has 106 valence electrons. The van der Waals surface area contributed by atoms with Crippen LogP contribution in [0.2, 0.25) is 0 Å². The SMILES string of the molecule is CC(=O)NC[C@H](c1cccs1)S(=O)(=O)c1ccccc1. The zero-order chi connectivity index (χ0) is 14.6. The van der Waals surface area contributed by atoms with E-state index in [9.17, 15) is 13.2 Å². The first-order valence-electron chi connectivity index (χ1n) is 6.08. The van der Waals surface area contributed by atoms with Crippen molar-refractivity contribution >= 4 is 27.1 Å². The van der Waals surface area contributed by atoms with Crippen LogP contribution in [0.5, 0.6) is 0 Å². The van der Waals surface area contributed by atoms with Gasteiger partial charge in [0.25, 0.3) is 0 Å². The van der Waals surface area contributed by atoms with Gasteiger partial charge >= 0.3 is 0 Å². The molecule has 0 spiro atoms. The van der Waals surface area contributed by atoms with Crippen LogP contribution in [0.4, 0.5) is 0 Å². The molecule has 0 aliphatic rings. The summed E-state index contributed by atoms with van der Waals surface area (Å²) in [6.07, 6.45) is 0. The average molecular weight is 309 g/mol. The lowest BCUT2D eigenvalue weighted by atomic mass is 10.3. The van der Waals surface area contributed by atoms with Crippen molar-refractivity contribution in [2.45, 2.75) is 17.1 Å². The molecule has 0 aliphatic heterocycles. The van der Waals surface area contributed by atoms with Crippen LogP contribution in [0.3, 0.4) is 0 Å². The van der Waals surface area contributed by atoms with Gasteiger partial charge < -0.3 is 5.32 Å². The molecule has 1 atom stereocenters. The Bertz CT molecular complexity index is 664. The number of amides is 1. The number of nitrogens with one attached hydrogen (secondary N) is 1. The average Bonchev–Trinajstić information content (AvgIpc) is 2.93. The van der Waals surface area contributed by atoms with Crippen molar-refractivity contribution in [3.8, 4) is 0 Å². The molecule has 1 N–H and O–H groups in total. The topological polar surface area (TPSA) is 63.2 Å². The Hall–Kier alpha value is -1.66. The van der Waals surface area contributed by atoms with Crippen molar-refractivity contribution in [2.24, 2.45) is 0 Å². The summed E-state index contributed by atoms with van der Waals surface area (Å²) in [4.78, 5) is 12.1. The summed E-state index contributed by atoms with van der Waals surface area (Å²) in [7, 11) is -3.52. The molecule has 0 saturated carbocycles. The second-order valence-corrected chi connectivity index (χ2v) is 7.41. The maximum absolute atomic E-state index is 12.7. The lowest BCUT2D eigenvalue weighted by Crippen LogP contribution is -2.29. The second kappa shape index (κ2) is 6.19. The molecule has 0 radical (unpaired) electrons. The molecule has 4 nitrogen and oxygen atoms in total. The maximum Gasteiger partial charge on any atom is 0.216 e. The van der Waals surface area contributed by atoms with E-state index in [1.807, 2.05) is 5.38 Å². The molecule has 0 unspecified atom stereocenters. The predicted molar refractivity (Wildman–Crippen MR) is 79.4 cm³/mol. The molecule has 6 heteroatoms. The van der Waals surface area contributed by atoms with Gasteiger partial charge in [-0.3, -0.25) is 4.79 Å². The van der Waals surface area contributed by atoms with Gasteiger partial charge in [0.15, 0.2) is 9.84 Å². The van der Waals surface area contributed by atoms with E-state index in [-0.39, 0.29) is 17.3 Å². The van der Waals surface area contributed by atoms with E-state index in [2.05, 4.69) is 5.32 Å². The van der Waals surface area contributed by atoms with Crippen LogP contribution in [-0.2, 0) is 14.6 Å². The van der Waals surface area contributed by atoms with E-state index in [0.29, 0.717) is 0 Å². The fraction of sp³-hybridized carbons (Fsp3) is 0.214. The highest BCUT2D eigenvalue weighted by atomic mass is 32.2. The smallest absolute Gasteiger partial charge is 0.216 e. The van der Waals surface area contributed by atoms with Gasteiger partial charge in [-0.1, -0.05) is 24.3 Å². The molecule has 1 aromatic carbocycles. The number of carbonyl (C=O) groups is 1. The molecule has 0 saturated heterocycles. The molecule has 0 bridgehead atoms. The van der Waals surface area contributed by atoms with Gasteiger partial charge in [0.1, 0.15) is 5.25 Å². The lowest BCUT2D eigenvalue weighted by Gasteiger charge is -2.16. The lowest BCUT2D eigenvalue weighted by molar-refractivity contribution is -0.118. The van der Waals surface area contributed by atoms with Crippen molar-refractivity contribution < 1.29 is 13.2 Å². The zero-order valence-electron chi connectivity index (χ0n) is 10.9. The van der Waals surface area contributed by atoms with Gasteiger partial charge in [0.05, 0.1) is 4.90 Å². The van der Waals surface area contributed by atoms with E-state index >= 15 is 0 Å². The van der Waals surface area contributed by atoms with Gasteiger partial charge in [0.2, 0.25) is 5.91 Å². The Labute approximate surface area is 122 Å². The minimum atomic E-state index is -3.52. The molecule has 2 rings (SSSR count). The number of thiophene rings is 1. The summed E-state index contributed by atoms with van der Waals surface area (Å²) in [5, 5.41) is 3.67. The monoisotopic (exact) mass is 309 g/mol. The number of carbonyl (C=O) groups excluding carboxylic acids is 1. The maximum atomic E-state index is 12.7. The van der Waals surface area contributed by atoms with Gasteiger partial charge in [-0.2, -0.15) is 0 Å². The van der Waals surface area contributed by atoms with E-state index in [4.69, 9.17) is 0 Å². The summed E-state index contributed by atoms with van der Waals surface area (Å²) >= 11 is 1.37. The van der Waals surface area contributed by atoms with Gasteiger partial charge in [-0.25, -0.2) is 8.42 Å². The van der Waals surface area contributed by atoms with E-state index in [1.54, 1.807) is 42.5 Å². The quantitative estimate of drug-likeness (QED) is 0.922. The summed E-state index contributed by atoms with van der Waals surface area (Å²) in [6.45, 7) is 1.45. The standard InChI is InChI=1S/C14H15NO3S2/c1-11(16)15-10-14(13-8-5-9-19-13)20(17,18)12-6-3-2-4-7-12/h2-9,14H,10H2,1H3,(H,15,16)/t14-/m1/s1. The molecule has 1 amide bonds. The van der Waals surface area contributed by atoms with E-state index < -0.39 is 15.1 Å². The molecule has 20 heavy (non-hydrogen) atoms. The Morgan fingerprint density at radius 3 is 2.45 bits per heavy atom. The van der Waals surface area contributed by atoms with Crippen LogP contribution < -0.4 is 5.32 Å². The Kier molecular flexibility index (Phi) is 4.57. The van der Waals surface area contributed by atoms with Crippen molar-refractivity contribution in [2.75, 3.05) is 6.54 Å². The molecule has 1 heterocycles. The number of benzene rings is 1. The summed E-state index contributed by atoms with van der Waals surface area (Å²) in [5.74, 6) is -0.241. The highest BCUT2D eigenvalue weighted by Crippen LogP contribution is 2.31. The fourth-order valence-corrected chi connectivity index (χ4v) is 4.65. The van der Waals surface area contributed by atoms with Crippen molar-refractivity contribution in [1.29, 1.82) is 0 Å². The van der Waals surface area contributed by atoms with Crippen LogP contribution in [0.1, 0.15) is 17.1 Å². The van der Waals surface area contributed by atoms with E-state index in [0.717, 1.165) is 4.88 Å². The van der Waals surface area contributed by atoms with Gasteiger partial charge in [0, 0.05) is 18.3 Å². The van der Waals surface area contributed by atoms with Gasteiger partial charge in [-0.15, -0.1) is 11.3 Å². The van der Waals surface area contributed by atoms with Crippen molar-refractivity contribution in [3.05, 3.63) is 52.7 Å². The Morgan fingerprint density at radius 1 is 1.20 bits per heavy atom. The third-order valence-corrected chi connectivity index (χ3v) is 6.08. The highest BCUT2D eigenvalue weighted by Gasteiger charge is 2.29. The highest BCUT2D eigenvalue weighted by molar-refractivity contribution is 7.91. The number of sulfone groups is 1. The summed E-state index contributed by atoms with van der Waals surface area (Å²) < 4.78 is 25.4. The van der Waals surface area contributed by atoms with Crippen LogP contribution in [-0.4, -0.2) is 20.9 Å². The van der Waals surface area contributed by atoms with Crippen molar-refractivity contribution in [1.82, 2.24) is 5.32 Å². The minimum Gasteiger partial charge on any atom is -0.355 e. The first-order valence-corrected chi connectivity index (χ1v) is 8.51. The first kappa shape index (κ1) is 14.7. The third-order valence-electron chi connectivity index (χ3n) is 2.84. The first-order chi connectivity index (χ1) is 9.51. The van der Waals surface area contributed by atoms with Crippen LogP contribution in [0, 0.1) is 0 Å². The molecule has 1 aromatic heterocycles. The fourth-order valence-electron chi connectivity index (χ4n) is 1.85. The normalized spacial score (nSPS) is 12.8. The molecule has 2 aromatic rings. The molecule has 0 fully saturated rings. The second-order valence-electron chi connectivity index (χ2n) is 4.30. The minimum absolute atomic E-state index is 0.0765. The number of rotatable bonds is 5.